The number of nitrogens with zero attached hydrogens (tertiary/aromatic N) is 2. The Hall–Kier alpha value is -3.26. The van der Waals surface area contributed by atoms with Crippen LogP contribution in [0.15, 0.2) is 77.7 Å². The number of carbonyl (C=O) groups excluding carboxylic acids is 1. The van der Waals surface area contributed by atoms with Crippen LogP contribution in [0.1, 0.15) is 15.9 Å². The number of rotatable bonds is 6. The smallest absolute Gasteiger partial charge is 0.264 e. The number of sulfonamides is 1. The third-order valence-corrected chi connectivity index (χ3v) is 6.45. The summed E-state index contributed by atoms with van der Waals surface area (Å²) in [4.78, 5) is 13.9. The summed E-state index contributed by atoms with van der Waals surface area (Å²) in [7, 11) is -0.851. The van der Waals surface area contributed by atoms with Crippen LogP contribution in [0, 0.1) is 11.6 Å². The van der Waals surface area contributed by atoms with Gasteiger partial charge in [-0.2, -0.15) is 0 Å². The summed E-state index contributed by atoms with van der Waals surface area (Å²) in [5, 5.41) is 0. The fourth-order valence-electron chi connectivity index (χ4n) is 2.90. The third-order valence-electron chi connectivity index (χ3n) is 4.65. The molecule has 5 nitrogen and oxygen atoms in total. The highest BCUT2D eigenvalue weighted by molar-refractivity contribution is 7.92. The molecule has 0 radical (unpaired) electrons. The lowest BCUT2D eigenvalue weighted by molar-refractivity contribution is 0.0783. The lowest BCUT2D eigenvalue weighted by Gasteiger charge is -2.20. The molecule has 0 aliphatic rings. The minimum Gasteiger partial charge on any atom is -0.337 e. The minimum absolute atomic E-state index is 0.0395. The number of hydrogen-bond donors (Lipinski definition) is 0. The van der Waals surface area contributed by atoms with Crippen molar-refractivity contribution in [1.29, 1.82) is 0 Å². The monoisotopic (exact) mass is 430 g/mol. The first kappa shape index (κ1) is 21.4. The molecular formula is C22H20F2N2O3S. The van der Waals surface area contributed by atoms with E-state index in [1.165, 1.54) is 49.3 Å². The standard InChI is InChI=1S/C22H20F2N2O3S/c1-25(15-17-8-11-18(23)14-21(17)24)22(27)16-9-12-20(13-10-16)30(28,29)26(2)19-6-4-3-5-7-19/h3-14H,15H2,1-2H3. The van der Waals surface area contributed by atoms with Crippen LogP contribution >= 0.6 is 0 Å². The zero-order valence-electron chi connectivity index (χ0n) is 16.4. The van der Waals surface area contributed by atoms with Gasteiger partial charge in [0.2, 0.25) is 0 Å². The first-order valence-electron chi connectivity index (χ1n) is 9.03. The van der Waals surface area contributed by atoms with E-state index in [1.54, 1.807) is 30.3 Å². The SMILES string of the molecule is CN(Cc1ccc(F)cc1F)C(=O)c1ccc(S(=O)(=O)N(C)c2ccccc2)cc1. The number of para-hydroxylation sites is 1. The van der Waals surface area contributed by atoms with Crippen molar-refractivity contribution < 1.29 is 22.0 Å². The van der Waals surface area contributed by atoms with Gasteiger partial charge in [0.15, 0.2) is 0 Å². The molecule has 0 heterocycles. The second-order valence-electron chi connectivity index (χ2n) is 6.73. The molecule has 0 saturated heterocycles. The van der Waals surface area contributed by atoms with E-state index in [9.17, 15) is 22.0 Å². The number of hydrogen-bond acceptors (Lipinski definition) is 3. The van der Waals surface area contributed by atoms with Gasteiger partial charge >= 0.3 is 0 Å². The van der Waals surface area contributed by atoms with Crippen molar-refractivity contribution in [3.63, 3.8) is 0 Å². The van der Waals surface area contributed by atoms with Gasteiger partial charge in [-0.25, -0.2) is 17.2 Å². The Morgan fingerprint density at radius 3 is 2.13 bits per heavy atom. The highest BCUT2D eigenvalue weighted by Crippen LogP contribution is 2.22. The van der Waals surface area contributed by atoms with E-state index in [2.05, 4.69) is 0 Å². The molecule has 156 valence electrons. The van der Waals surface area contributed by atoms with Crippen LogP contribution in [-0.2, 0) is 16.6 Å². The van der Waals surface area contributed by atoms with Crippen molar-refractivity contribution in [2.24, 2.45) is 0 Å². The number of anilines is 1. The van der Waals surface area contributed by atoms with E-state index in [-0.39, 0.29) is 22.6 Å². The topological polar surface area (TPSA) is 57.7 Å². The van der Waals surface area contributed by atoms with E-state index < -0.39 is 27.6 Å². The van der Waals surface area contributed by atoms with Crippen molar-refractivity contribution in [1.82, 2.24) is 4.90 Å². The summed E-state index contributed by atoms with van der Waals surface area (Å²) < 4.78 is 53.6. The Morgan fingerprint density at radius 1 is 0.900 bits per heavy atom. The van der Waals surface area contributed by atoms with Crippen molar-refractivity contribution in [3.8, 4) is 0 Å². The molecule has 0 N–H and O–H groups in total. The summed E-state index contributed by atoms with van der Waals surface area (Å²) in [5.41, 5.74) is 0.941. The zero-order valence-corrected chi connectivity index (χ0v) is 17.2. The van der Waals surface area contributed by atoms with E-state index in [0.29, 0.717) is 5.69 Å². The van der Waals surface area contributed by atoms with Gasteiger partial charge in [0.1, 0.15) is 11.6 Å². The lowest BCUT2D eigenvalue weighted by Crippen LogP contribution is -2.28. The van der Waals surface area contributed by atoms with Crippen molar-refractivity contribution >= 4 is 21.6 Å². The molecule has 0 saturated carbocycles. The molecule has 1 amide bonds. The molecule has 3 aromatic rings. The van der Waals surface area contributed by atoms with Gasteiger partial charge in [-0.3, -0.25) is 9.10 Å². The maximum Gasteiger partial charge on any atom is 0.264 e. The maximum absolute atomic E-state index is 13.8. The highest BCUT2D eigenvalue weighted by atomic mass is 32.2. The van der Waals surface area contributed by atoms with Gasteiger partial charge in [-0.05, 0) is 42.5 Å². The summed E-state index contributed by atoms with van der Waals surface area (Å²) in [6.07, 6.45) is 0. The first-order valence-corrected chi connectivity index (χ1v) is 10.5. The average Bonchev–Trinajstić information content (AvgIpc) is 2.75. The number of amides is 1. The lowest BCUT2D eigenvalue weighted by atomic mass is 10.1. The van der Waals surface area contributed by atoms with Crippen LogP contribution in [0.25, 0.3) is 0 Å². The molecule has 0 unspecified atom stereocenters. The van der Waals surface area contributed by atoms with Crippen LogP contribution in [-0.4, -0.2) is 33.3 Å². The average molecular weight is 430 g/mol. The molecule has 30 heavy (non-hydrogen) atoms. The van der Waals surface area contributed by atoms with Crippen LogP contribution < -0.4 is 4.31 Å². The first-order chi connectivity index (χ1) is 14.2. The van der Waals surface area contributed by atoms with Gasteiger partial charge in [-0.1, -0.05) is 24.3 Å². The van der Waals surface area contributed by atoms with Crippen LogP contribution in [0.4, 0.5) is 14.5 Å². The fraction of sp³-hybridized carbons (Fsp3) is 0.136. The molecule has 0 aliphatic carbocycles. The summed E-state index contributed by atoms with van der Waals surface area (Å²) in [6, 6.07) is 17.3. The normalized spacial score (nSPS) is 11.2. The molecule has 0 spiro atoms. The molecular weight excluding hydrogens is 410 g/mol. The van der Waals surface area contributed by atoms with Crippen molar-refractivity contribution in [2.75, 3.05) is 18.4 Å². The Kier molecular flexibility index (Phi) is 6.17. The van der Waals surface area contributed by atoms with Gasteiger partial charge in [0.05, 0.1) is 10.6 Å². The minimum atomic E-state index is -3.79. The van der Waals surface area contributed by atoms with Gasteiger partial charge in [-0.15, -0.1) is 0 Å². The van der Waals surface area contributed by atoms with E-state index in [1.807, 2.05) is 0 Å². The van der Waals surface area contributed by atoms with Crippen molar-refractivity contribution in [2.45, 2.75) is 11.4 Å². The number of carbonyl (C=O) groups is 1. The summed E-state index contributed by atoms with van der Waals surface area (Å²) in [5.74, 6) is -1.85. The third kappa shape index (κ3) is 4.49. The van der Waals surface area contributed by atoms with E-state index in [0.717, 1.165) is 16.4 Å². The summed E-state index contributed by atoms with van der Waals surface area (Å²) >= 11 is 0. The Balaban J connectivity index is 1.76. The van der Waals surface area contributed by atoms with E-state index in [4.69, 9.17) is 0 Å². The second-order valence-corrected chi connectivity index (χ2v) is 8.70. The largest absolute Gasteiger partial charge is 0.337 e. The number of halogens is 2. The highest BCUT2D eigenvalue weighted by Gasteiger charge is 2.22. The molecule has 0 fully saturated rings. The Morgan fingerprint density at radius 2 is 1.53 bits per heavy atom. The molecule has 3 aromatic carbocycles. The molecule has 0 aliphatic heterocycles. The van der Waals surface area contributed by atoms with Crippen molar-refractivity contribution in [3.05, 3.63) is 95.6 Å². The molecule has 3 rings (SSSR count). The molecule has 0 aromatic heterocycles. The van der Waals surface area contributed by atoms with Crippen LogP contribution in [0.2, 0.25) is 0 Å². The summed E-state index contributed by atoms with van der Waals surface area (Å²) in [6.45, 7) is -0.0538. The van der Waals surface area contributed by atoms with Crippen LogP contribution in [0.5, 0.6) is 0 Å². The quantitative estimate of drug-likeness (QED) is 0.593. The van der Waals surface area contributed by atoms with Gasteiger partial charge < -0.3 is 4.90 Å². The maximum atomic E-state index is 13.8. The molecule has 8 heteroatoms. The predicted molar refractivity (Wildman–Crippen MR) is 111 cm³/mol. The zero-order chi connectivity index (χ0) is 21.9. The number of benzene rings is 3. The second kappa shape index (κ2) is 8.62. The Labute approximate surface area is 174 Å². The molecule has 0 atom stereocenters. The molecule has 0 bridgehead atoms. The fourth-order valence-corrected chi connectivity index (χ4v) is 4.10. The predicted octanol–water partition coefficient (Wildman–Crippen LogP) is 4.06. The van der Waals surface area contributed by atoms with Gasteiger partial charge in [0, 0.05) is 37.8 Å². The van der Waals surface area contributed by atoms with Gasteiger partial charge in [0.25, 0.3) is 15.9 Å². The van der Waals surface area contributed by atoms with E-state index >= 15 is 0 Å². The van der Waals surface area contributed by atoms with Crippen LogP contribution in [0.3, 0.4) is 0 Å². The Bertz CT molecular complexity index is 1150.